The predicted octanol–water partition coefficient (Wildman–Crippen LogP) is 4.16. The summed E-state index contributed by atoms with van der Waals surface area (Å²) < 4.78 is 0.807. The Morgan fingerprint density at radius 1 is 1.26 bits per heavy atom. The van der Waals surface area contributed by atoms with E-state index in [0.29, 0.717) is 0 Å². The SMILES string of the molecule is CC(CO)C(C)NC(c1cccs1)c1ccc(Cl)s1. The summed E-state index contributed by atoms with van der Waals surface area (Å²) in [6, 6.07) is 8.58. The van der Waals surface area contributed by atoms with Crippen LogP contribution in [0.2, 0.25) is 4.34 Å². The molecule has 104 valence electrons. The Balaban J connectivity index is 2.21. The summed E-state index contributed by atoms with van der Waals surface area (Å²) in [5.41, 5.74) is 0. The number of aliphatic hydroxyl groups is 1. The minimum Gasteiger partial charge on any atom is -0.396 e. The van der Waals surface area contributed by atoms with Gasteiger partial charge in [-0.2, -0.15) is 0 Å². The molecule has 0 fully saturated rings. The molecule has 0 amide bonds. The van der Waals surface area contributed by atoms with Crippen LogP contribution in [0.3, 0.4) is 0 Å². The highest BCUT2D eigenvalue weighted by molar-refractivity contribution is 7.16. The predicted molar refractivity (Wildman–Crippen MR) is 84.3 cm³/mol. The molecule has 2 aromatic heterocycles. The van der Waals surface area contributed by atoms with Crippen molar-refractivity contribution in [3.63, 3.8) is 0 Å². The smallest absolute Gasteiger partial charge is 0.0931 e. The molecule has 0 aliphatic rings. The number of nitrogens with one attached hydrogen (secondary N) is 1. The van der Waals surface area contributed by atoms with Gasteiger partial charge < -0.3 is 10.4 Å². The van der Waals surface area contributed by atoms with Gasteiger partial charge in [0.25, 0.3) is 0 Å². The van der Waals surface area contributed by atoms with Crippen molar-refractivity contribution in [2.75, 3.05) is 6.61 Å². The molecule has 0 saturated carbocycles. The second kappa shape index (κ2) is 6.86. The first kappa shape index (κ1) is 15.0. The number of halogens is 1. The second-order valence-electron chi connectivity index (χ2n) is 4.71. The lowest BCUT2D eigenvalue weighted by atomic mass is 10.0. The van der Waals surface area contributed by atoms with Gasteiger partial charge >= 0.3 is 0 Å². The molecule has 5 heteroatoms. The third kappa shape index (κ3) is 3.80. The molecule has 3 unspecified atom stereocenters. The number of rotatable bonds is 6. The Bertz CT molecular complexity index is 497. The van der Waals surface area contributed by atoms with Gasteiger partial charge in [-0.15, -0.1) is 22.7 Å². The Morgan fingerprint density at radius 3 is 2.58 bits per heavy atom. The van der Waals surface area contributed by atoms with Gasteiger partial charge in [-0.1, -0.05) is 24.6 Å². The number of hydrogen-bond donors (Lipinski definition) is 2. The lowest BCUT2D eigenvalue weighted by Gasteiger charge is -2.25. The quantitative estimate of drug-likeness (QED) is 0.839. The van der Waals surface area contributed by atoms with Crippen molar-refractivity contribution in [1.29, 1.82) is 0 Å². The summed E-state index contributed by atoms with van der Waals surface area (Å²) in [6.07, 6.45) is 0. The normalized spacial score (nSPS) is 16.2. The zero-order chi connectivity index (χ0) is 13.8. The summed E-state index contributed by atoms with van der Waals surface area (Å²) >= 11 is 9.38. The van der Waals surface area contributed by atoms with Gasteiger partial charge in [0.05, 0.1) is 10.4 Å². The molecule has 2 nitrogen and oxygen atoms in total. The van der Waals surface area contributed by atoms with E-state index < -0.39 is 0 Å². The fraction of sp³-hybridized carbons (Fsp3) is 0.429. The first-order valence-corrected chi connectivity index (χ1v) is 8.34. The van der Waals surface area contributed by atoms with Crippen LogP contribution in [0, 0.1) is 5.92 Å². The van der Waals surface area contributed by atoms with Crippen molar-refractivity contribution in [2.24, 2.45) is 5.92 Å². The first-order valence-electron chi connectivity index (χ1n) is 6.27. The highest BCUT2D eigenvalue weighted by atomic mass is 35.5. The van der Waals surface area contributed by atoms with Gasteiger partial charge in [0.15, 0.2) is 0 Å². The molecule has 0 aliphatic carbocycles. The topological polar surface area (TPSA) is 32.3 Å². The van der Waals surface area contributed by atoms with Crippen LogP contribution in [0.25, 0.3) is 0 Å². The second-order valence-corrected chi connectivity index (χ2v) is 7.43. The van der Waals surface area contributed by atoms with E-state index in [1.807, 2.05) is 13.0 Å². The van der Waals surface area contributed by atoms with Gasteiger partial charge in [0, 0.05) is 22.4 Å². The summed E-state index contributed by atoms with van der Waals surface area (Å²) in [6.45, 7) is 4.35. The van der Waals surface area contributed by atoms with Crippen molar-refractivity contribution in [2.45, 2.75) is 25.9 Å². The Morgan fingerprint density at radius 2 is 2.05 bits per heavy atom. The Kier molecular flexibility index (Phi) is 5.42. The molecule has 2 heterocycles. The van der Waals surface area contributed by atoms with Gasteiger partial charge in [0.2, 0.25) is 0 Å². The van der Waals surface area contributed by atoms with E-state index in [9.17, 15) is 5.11 Å². The average Bonchev–Trinajstić information content (AvgIpc) is 3.06. The number of aliphatic hydroxyl groups excluding tert-OH is 1. The van der Waals surface area contributed by atoms with Crippen LogP contribution in [-0.2, 0) is 0 Å². The monoisotopic (exact) mass is 315 g/mol. The van der Waals surface area contributed by atoms with Gasteiger partial charge in [-0.05, 0) is 36.4 Å². The van der Waals surface area contributed by atoms with Gasteiger partial charge in [-0.3, -0.25) is 0 Å². The third-order valence-corrected chi connectivity index (χ3v) is 5.51. The highest BCUT2D eigenvalue weighted by Gasteiger charge is 2.21. The summed E-state index contributed by atoms with van der Waals surface area (Å²) in [5, 5.41) is 15.0. The molecule has 2 N–H and O–H groups in total. The highest BCUT2D eigenvalue weighted by Crippen LogP contribution is 2.33. The van der Waals surface area contributed by atoms with Gasteiger partial charge in [-0.25, -0.2) is 0 Å². The molecule has 0 spiro atoms. The van der Waals surface area contributed by atoms with Crippen molar-refractivity contribution in [3.05, 3.63) is 43.7 Å². The van der Waals surface area contributed by atoms with Crippen molar-refractivity contribution in [3.8, 4) is 0 Å². The third-order valence-electron chi connectivity index (χ3n) is 3.28. The summed E-state index contributed by atoms with van der Waals surface area (Å²) in [5.74, 6) is 0.220. The van der Waals surface area contributed by atoms with E-state index in [1.54, 1.807) is 22.7 Å². The van der Waals surface area contributed by atoms with E-state index in [0.717, 1.165) is 4.34 Å². The van der Waals surface area contributed by atoms with Crippen LogP contribution in [0.5, 0.6) is 0 Å². The van der Waals surface area contributed by atoms with Crippen LogP contribution < -0.4 is 5.32 Å². The van der Waals surface area contributed by atoms with Crippen molar-refractivity contribution in [1.82, 2.24) is 5.32 Å². The fourth-order valence-corrected chi connectivity index (χ4v) is 3.85. The van der Waals surface area contributed by atoms with Crippen LogP contribution in [-0.4, -0.2) is 17.8 Å². The van der Waals surface area contributed by atoms with E-state index in [4.69, 9.17) is 11.6 Å². The minimum atomic E-state index is 0.154. The molecule has 2 aromatic rings. The Hall–Kier alpha value is -0.390. The van der Waals surface area contributed by atoms with Crippen LogP contribution in [0.1, 0.15) is 29.6 Å². The zero-order valence-corrected chi connectivity index (χ0v) is 13.4. The Labute approximate surface area is 127 Å². The average molecular weight is 316 g/mol. The zero-order valence-electron chi connectivity index (χ0n) is 11.0. The molecule has 0 radical (unpaired) electrons. The molecule has 0 bridgehead atoms. The molecule has 19 heavy (non-hydrogen) atoms. The molecule has 0 aliphatic heterocycles. The van der Waals surface area contributed by atoms with Crippen molar-refractivity contribution >= 4 is 34.3 Å². The van der Waals surface area contributed by atoms with E-state index in [-0.39, 0.29) is 24.6 Å². The maximum atomic E-state index is 9.27. The molecule has 0 saturated heterocycles. The molecule has 3 atom stereocenters. The molecular weight excluding hydrogens is 298 g/mol. The summed E-state index contributed by atoms with van der Waals surface area (Å²) in [4.78, 5) is 2.49. The lowest BCUT2D eigenvalue weighted by Crippen LogP contribution is -2.36. The number of thiophene rings is 2. The van der Waals surface area contributed by atoms with Crippen molar-refractivity contribution < 1.29 is 5.11 Å². The lowest BCUT2D eigenvalue weighted by molar-refractivity contribution is 0.204. The van der Waals surface area contributed by atoms with Gasteiger partial charge in [0.1, 0.15) is 0 Å². The number of hydrogen-bond acceptors (Lipinski definition) is 4. The largest absolute Gasteiger partial charge is 0.396 e. The maximum absolute atomic E-state index is 9.27. The van der Waals surface area contributed by atoms with E-state index >= 15 is 0 Å². The maximum Gasteiger partial charge on any atom is 0.0931 e. The van der Waals surface area contributed by atoms with E-state index in [1.165, 1.54) is 9.75 Å². The summed E-state index contributed by atoms with van der Waals surface area (Å²) in [7, 11) is 0. The van der Waals surface area contributed by atoms with Crippen LogP contribution in [0.4, 0.5) is 0 Å². The van der Waals surface area contributed by atoms with Crippen LogP contribution in [0.15, 0.2) is 29.6 Å². The fourth-order valence-electron chi connectivity index (χ4n) is 1.83. The minimum absolute atomic E-state index is 0.154. The van der Waals surface area contributed by atoms with Crippen LogP contribution >= 0.6 is 34.3 Å². The molecule has 2 rings (SSSR count). The standard InChI is InChI=1S/C14H18ClNOS2/c1-9(8-17)10(2)16-14(11-4-3-7-18-11)12-5-6-13(15)19-12/h3-7,9-10,14,16-17H,8H2,1-2H3. The first-order chi connectivity index (χ1) is 9.11. The molecular formula is C14H18ClNOS2. The van der Waals surface area contributed by atoms with E-state index in [2.05, 4.69) is 35.8 Å². The molecule has 0 aromatic carbocycles.